The molecule has 0 spiro atoms. The highest BCUT2D eigenvalue weighted by Gasteiger charge is 2.14. The molecule has 0 atom stereocenters. The van der Waals surface area contributed by atoms with Crippen LogP contribution in [-0.2, 0) is 17.2 Å². The molecule has 7 heteroatoms. The van der Waals surface area contributed by atoms with Gasteiger partial charge in [0.05, 0.1) is 12.5 Å². The lowest BCUT2D eigenvalue weighted by atomic mass is 10.2. The number of rotatable bonds is 5. The Labute approximate surface area is 123 Å². The third-order valence-corrected chi connectivity index (χ3v) is 3.28. The van der Waals surface area contributed by atoms with Gasteiger partial charge < -0.3 is 9.30 Å². The molecule has 0 saturated carbocycles. The maximum absolute atomic E-state index is 13.4. The lowest BCUT2D eigenvalue weighted by molar-refractivity contribution is 0.187. The van der Waals surface area contributed by atoms with E-state index in [1.807, 2.05) is 4.57 Å². The molecule has 0 saturated heterocycles. The van der Waals surface area contributed by atoms with Crippen LogP contribution in [0.3, 0.4) is 0 Å². The molecule has 1 aromatic heterocycles. The molecule has 0 aliphatic rings. The van der Waals surface area contributed by atoms with Crippen LogP contribution in [0.4, 0.5) is 4.39 Å². The molecule has 0 unspecified atom stereocenters. The molecule has 19 heavy (non-hydrogen) atoms. The highest BCUT2D eigenvalue weighted by Crippen LogP contribution is 2.24. The summed E-state index contributed by atoms with van der Waals surface area (Å²) in [5.74, 6) is 1.12. The second-order valence-electron chi connectivity index (χ2n) is 3.88. The second-order valence-corrected chi connectivity index (χ2v) is 5.06. The molecule has 0 aliphatic carbocycles. The van der Waals surface area contributed by atoms with Crippen LogP contribution in [0.2, 0.25) is 0 Å². The van der Waals surface area contributed by atoms with E-state index < -0.39 is 0 Å². The summed E-state index contributed by atoms with van der Waals surface area (Å²) in [6, 6.07) is 4.59. The van der Waals surface area contributed by atoms with Gasteiger partial charge in [0, 0.05) is 23.7 Å². The van der Waals surface area contributed by atoms with Gasteiger partial charge in [0.2, 0.25) is 0 Å². The van der Waals surface area contributed by atoms with Crippen LogP contribution in [0.15, 0.2) is 22.7 Å². The maximum Gasteiger partial charge on any atom is 0.164 e. The number of ether oxygens (including phenoxy) is 1. The van der Waals surface area contributed by atoms with Crippen molar-refractivity contribution in [1.82, 2.24) is 14.8 Å². The van der Waals surface area contributed by atoms with Crippen molar-refractivity contribution in [3.05, 3.63) is 34.3 Å². The molecule has 2 aromatic rings. The number of hydrogen-bond acceptors (Lipinski definition) is 3. The van der Waals surface area contributed by atoms with Crippen LogP contribution in [-0.4, -0.2) is 28.5 Å². The lowest BCUT2D eigenvalue weighted by Gasteiger charge is -2.09. The van der Waals surface area contributed by atoms with E-state index in [1.165, 1.54) is 12.1 Å². The molecule has 0 amide bonds. The van der Waals surface area contributed by atoms with Gasteiger partial charge in [0.15, 0.2) is 5.82 Å². The minimum Gasteiger partial charge on any atom is -0.383 e. The molecule has 102 valence electrons. The summed E-state index contributed by atoms with van der Waals surface area (Å²) < 4.78 is 21.0. The molecule has 0 N–H and O–H groups in total. The predicted molar refractivity (Wildman–Crippen MR) is 74.5 cm³/mol. The molecule has 2 rings (SSSR count). The topological polar surface area (TPSA) is 39.9 Å². The van der Waals surface area contributed by atoms with Gasteiger partial charge in [0.25, 0.3) is 0 Å². The van der Waals surface area contributed by atoms with E-state index in [9.17, 15) is 4.39 Å². The largest absolute Gasteiger partial charge is 0.383 e. The van der Waals surface area contributed by atoms with Gasteiger partial charge >= 0.3 is 0 Å². The minimum atomic E-state index is -0.335. The van der Waals surface area contributed by atoms with Crippen molar-refractivity contribution in [1.29, 1.82) is 0 Å². The first kappa shape index (κ1) is 14.4. The lowest BCUT2D eigenvalue weighted by Crippen LogP contribution is -2.09. The summed E-state index contributed by atoms with van der Waals surface area (Å²) >= 11 is 9.09. The fraction of sp³-hybridized carbons (Fsp3) is 0.333. The van der Waals surface area contributed by atoms with E-state index in [0.717, 1.165) is 0 Å². The number of halogens is 3. The monoisotopic (exact) mass is 347 g/mol. The van der Waals surface area contributed by atoms with Crippen LogP contribution < -0.4 is 0 Å². The average Bonchev–Trinajstić information content (AvgIpc) is 2.77. The normalized spacial score (nSPS) is 10.9. The molecule has 0 radical (unpaired) electrons. The van der Waals surface area contributed by atoms with Crippen LogP contribution >= 0.6 is 27.5 Å². The summed E-state index contributed by atoms with van der Waals surface area (Å²) in [6.07, 6.45) is 0. The first-order valence-electron chi connectivity index (χ1n) is 5.59. The fourth-order valence-electron chi connectivity index (χ4n) is 1.75. The summed E-state index contributed by atoms with van der Waals surface area (Å²) in [4.78, 5) is 0. The Balaban J connectivity index is 2.45. The van der Waals surface area contributed by atoms with Crippen molar-refractivity contribution in [2.75, 3.05) is 13.7 Å². The van der Waals surface area contributed by atoms with Gasteiger partial charge in [-0.3, -0.25) is 0 Å². The zero-order chi connectivity index (χ0) is 13.8. The number of nitrogens with zero attached hydrogens (tertiary/aromatic N) is 3. The van der Waals surface area contributed by atoms with E-state index in [0.29, 0.717) is 34.8 Å². The SMILES string of the molecule is COCCn1c(CCl)nnc1-c1cc(F)cc(Br)c1. The molecular formula is C12H12BrClFN3O. The number of aromatic nitrogens is 3. The van der Waals surface area contributed by atoms with E-state index in [-0.39, 0.29) is 11.7 Å². The number of methoxy groups -OCH3 is 1. The van der Waals surface area contributed by atoms with Crippen molar-refractivity contribution in [2.45, 2.75) is 12.4 Å². The quantitative estimate of drug-likeness (QED) is 0.779. The number of benzene rings is 1. The number of hydrogen-bond donors (Lipinski definition) is 0. The molecule has 0 fully saturated rings. The van der Waals surface area contributed by atoms with Crippen molar-refractivity contribution in [3.63, 3.8) is 0 Å². The van der Waals surface area contributed by atoms with E-state index in [1.54, 1.807) is 13.2 Å². The highest BCUT2D eigenvalue weighted by atomic mass is 79.9. The summed E-state index contributed by atoms with van der Waals surface area (Å²) in [5.41, 5.74) is 0.645. The van der Waals surface area contributed by atoms with E-state index in [4.69, 9.17) is 16.3 Å². The van der Waals surface area contributed by atoms with Crippen LogP contribution in [0.25, 0.3) is 11.4 Å². The Morgan fingerprint density at radius 3 is 2.79 bits per heavy atom. The second kappa shape index (κ2) is 6.45. The molecule has 4 nitrogen and oxygen atoms in total. The minimum absolute atomic E-state index is 0.243. The predicted octanol–water partition coefficient (Wildman–Crippen LogP) is 3.23. The van der Waals surface area contributed by atoms with Gasteiger partial charge in [-0.25, -0.2) is 4.39 Å². The molecule has 0 bridgehead atoms. The van der Waals surface area contributed by atoms with Gasteiger partial charge in [0.1, 0.15) is 11.6 Å². The first-order chi connectivity index (χ1) is 9.15. The summed E-state index contributed by atoms with van der Waals surface area (Å²) in [6.45, 7) is 1.07. The number of alkyl halides is 1. The van der Waals surface area contributed by atoms with Gasteiger partial charge in [-0.1, -0.05) is 15.9 Å². The standard InChI is InChI=1S/C12H12BrClFN3O/c1-19-3-2-18-11(7-14)16-17-12(18)8-4-9(13)6-10(15)5-8/h4-6H,2-3,7H2,1H3. The Hall–Kier alpha value is -0.980. The highest BCUT2D eigenvalue weighted by molar-refractivity contribution is 9.10. The first-order valence-corrected chi connectivity index (χ1v) is 6.92. The van der Waals surface area contributed by atoms with Crippen molar-refractivity contribution < 1.29 is 9.13 Å². The molecule has 1 heterocycles. The van der Waals surface area contributed by atoms with Gasteiger partial charge in [-0.2, -0.15) is 0 Å². The Morgan fingerprint density at radius 2 is 2.16 bits per heavy atom. The average molecular weight is 349 g/mol. The smallest absolute Gasteiger partial charge is 0.164 e. The van der Waals surface area contributed by atoms with E-state index in [2.05, 4.69) is 26.1 Å². The van der Waals surface area contributed by atoms with Crippen molar-refractivity contribution in [2.24, 2.45) is 0 Å². The van der Waals surface area contributed by atoms with Crippen molar-refractivity contribution >= 4 is 27.5 Å². The third-order valence-electron chi connectivity index (χ3n) is 2.59. The maximum atomic E-state index is 13.4. The summed E-state index contributed by atoms with van der Waals surface area (Å²) in [7, 11) is 1.61. The summed E-state index contributed by atoms with van der Waals surface area (Å²) in [5, 5.41) is 8.09. The zero-order valence-electron chi connectivity index (χ0n) is 10.2. The van der Waals surface area contributed by atoms with Crippen LogP contribution in [0.1, 0.15) is 5.82 Å². The van der Waals surface area contributed by atoms with Crippen LogP contribution in [0.5, 0.6) is 0 Å². The molecule has 0 aliphatic heterocycles. The zero-order valence-corrected chi connectivity index (χ0v) is 12.6. The Morgan fingerprint density at radius 1 is 1.37 bits per heavy atom. The Bertz CT molecular complexity index is 556. The fourth-order valence-corrected chi connectivity index (χ4v) is 2.41. The van der Waals surface area contributed by atoms with Crippen molar-refractivity contribution in [3.8, 4) is 11.4 Å². The van der Waals surface area contributed by atoms with Gasteiger partial charge in [-0.05, 0) is 18.2 Å². The van der Waals surface area contributed by atoms with E-state index >= 15 is 0 Å². The van der Waals surface area contributed by atoms with Gasteiger partial charge in [-0.15, -0.1) is 21.8 Å². The van der Waals surface area contributed by atoms with Crippen LogP contribution in [0, 0.1) is 5.82 Å². The molecular weight excluding hydrogens is 337 g/mol. The Kier molecular flexibility index (Phi) is 4.90. The molecule has 1 aromatic carbocycles. The third kappa shape index (κ3) is 3.32.